The quantitative estimate of drug-likeness (QED) is 0.737. The number of nitrogens with one attached hydrogen (secondary N) is 2. The summed E-state index contributed by atoms with van der Waals surface area (Å²) in [4.78, 5) is 16.5. The molecule has 1 aliphatic heterocycles. The van der Waals surface area contributed by atoms with Crippen LogP contribution in [0.1, 0.15) is 38.5 Å². The lowest BCUT2D eigenvalue weighted by Crippen LogP contribution is -2.50. The smallest absolute Gasteiger partial charge is 0.252 e. The number of carbonyl (C=O) groups is 1. The third-order valence-electron chi connectivity index (χ3n) is 4.00. The van der Waals surface area contributed by atoms with E-state index in [0.717, 1.165) is 38.5 Å². The summed E-state index contributed by atoms with van der Waals surface area (Å²) >= 11 is 0. The summed E-state index contributed by atoms with van der Waals surface area (Å²) in [5, 5.41) is 6.18. The monoisotopic (exact) mass is 237 g/mol. The van der Waals surface area contributed by atoms with Crippen molar-refractivity contribution in [1.82, 2.24) is 10.6 Å². The lowest BCUT2D eigenvalue weighted by Gasteiger charge is -2.34. The van der Waals surface area contributed by atoms with Gasteiger partial charge in [0.15, 0.2) is 5.96 Å². The Labute approximate surface area is 101 Å². The van der Waals surface area contributed by atoms with Gasteiger partial charge in [-0.1, -0.05) is 0 Å². The lowest BCUT2D eigenvalue weighted by molar-refractivity contribution is -0.126. The maximum Gasteiger partial charge on any atom is 0.252 e. The minimum atomic E-state index is -0.414. The highest BCUT2D eigenvalue weighted by Crippen LogP contribution is 2.32. The fourth-order valence-electron chi connectivity index (χ4n) is 2.66. The van der Waals surface area contributed by atoms with Crippen molar-refractivity contribution in [3.63, 3.8) is 0 Å². The van der Waals surface area contributed by atoms with Crippen molar-refractivity contribution in [3.05, 3.63) is 0 Å². The Balaban J connectivity index is 1.69. The van der Waals surface area contributed by atoms with E-state index in [2.05, 4.69) is 15.6 Å². The second-order valence-corrected chi connectivity index (χ2v) is 5.31. The predicted molar refractivity (Wildman–Crippen MR) is 63.7 cm³/mol. The number of guanidine groups is 1. The van der Waals surface area contributed by atoms with Crippen molar-refractivity contribution < 1.29 is 9.53 Å². The summed E-state index contributed by atoms with van der Waals surface area (Å²) in [7, 11) is 1.74. The van der Waals surface area contributed by atoms with E-state index in [1.165, 1.54) is 0 Å². The zero-order chi connectivity index (χ0) is 11.9. The molecule has 0 aromatic rings. The number of carbonyl (C=O) groups excluding carboxylic acids is 1. The summed E-state index contributed by atoms with van der Waals surface area (Å²) in [6.45, 7) is 0. The number of rotatable bonds is 2. The molecule has 1 heterocycles. The van der Waals surface area contributed by atoms with Crippen LogP contribution in [0, 0.1) is 0 Å². The zero-order valence-electron chi connectivity index (χ0n) is 10.2. The number of aliphatic imine (C=N–C) groups is 1. The summed E-state index contributed by atoms with van der Waals surface area (Å²) in [5.41, 5.74) is -0.414. The van der Waals surface area contributed by atoms with Crippen LogP contribution in [0.15, 0.2) is 4.99 Å². The van der Waals surface area contributed by atoms with Crippen LogP contribution < -0.4 is 10.6 Å². The molecule has 94 valence electrons. The maximum absolute atomic E-state index is 12.1. The van der Waals surface area contributed by atoms with E-state index in [9.17, 15) is 4.79 Å². The van der Waals surface area contributed by atoms with Gasteiger partial charge in [0.2, 0.25) is 0 Å². The Morgan fingerprint density at radius 3 is 2.59 bits per heavy atom. The molecule has 0 bridgehead atoms. The van der Waals surface area contributed by atoms with Gasteiger partial charge in [-0.3, -0.25) is 10.1 Å². The number of hydrogen-bond donors (Lipinski definition) is 2. The predicted octanol–water partition coefficient (Wildman–Crippen LogP) is 0.552. The molecule has 0 aromatic carbocycles. The first-order valence-corrected chi connectivity index (χ1v) is 6.42. The van der Waals surface area contributed by atoms with E-state index in [-0.39, 0.29) is 5.91 Å². The molecule has 0 atom stereocenters. The molecule has 5 heteroatoms. The van der Waals surface area contributed by atoms with Gasteiger partial charge in [0.25, 0.3) is 5.91 Å². The fourth-order valence-corrected chi connectivity index (χ4v) is 2.66. The molecule has 2 N–H and O–H groups in total. The first-order chi connectivity index (χ1) is 8.22. The van der Waals surface area contributed by atoms with Crippen molar-refractivity contribution in [2.75, 3.05) is 7.11 Å². The van der Waals surface area contributed by atoms with Crippen molar-refractivity contribution in [1.29, 1.82) is 0 Å². The van der Waals surface area contributed by atoms with Gasteiger partial charge < -0.3 is 10.1 Å². The Kier molecular flexibility index (Phi) is 2.58. The van der Waals surface area contributed by atoms with E-state index in [1.54, 1.807) is 7.11 Å². The van der Waals surface area contributed by atoms with Crippen LogP contribution in [0.3, 0.4) is 0 Å². The van der Waals surface area contributed by atoms with Gasteiger partial charge in [-0.15, -0.1) is 0 Å². The molecule has 0 unspecified atom stereocenters. The molecule has 5 nitrogen and oxygen atoms in total. The Hall–Kier alpha value is -1.10. The molecule has 17 heavy (non-hydrogen) atoms. The van der Waals surface area contributed by atoms with Crippen molar-refractivity contribution in [2.45, 2.75) is 56.2 Å². The largest absolute Gasteiger partial charge is 0.381 e. The van der Waals surface area contributed by atoms with Gasteiger partial charge in [0, 0.05) is 7.11 Å². The molecule has 1 amide bonds. The van der Waals surface area contributed by atoms with Gasteiger partial charge in [0.1, 0.15) is 5.54 Å². The molecule has 0 aromatic heterocycles. The van der Waals surface area contributed by atoms with Crippen molar-refractivity contribution in [3.8, 4) is 0 Å². The number of hydrogen-bond acceptors (Lipinski definition) is 3. The highest BCUT2D eigenvalue weighted by molar-refractivity contribution is 6.09. The first-order valence-electron chi connectivity index (χ1n) is 6.42. The zero-order valence-corrected chi connectivity index (χ0v) is 10.2. The lowest BCUT2D eigenvalue weighted by atomic mass is 9.80. The van der Waals surface area contributed by atoms with Crippen LogP contribution in [0.25, 0.3) is 0 Å². The van der Waals surface area contributed by atoms with Crippen molar-refractivity contribution in [2.24, 2.45) is 4.99 Å². The minimum absolute atomic E-state index is 0.0893. The normalized spacial score (nSPS) is 39.5. The molecule has 3 aliphatic rings. The molecule has 3 rings (SSSR count). The first kappa shape index (κ1) is 11.0. The van der Waals surface area contributed by atoms with Crippen LogP contribution in [-0.2, 0) is 9.53 Å². The van der Waals surface area contributed by atoms with E-state index in [4.69, 9.17) is 4.74 Å². The fraction of sp³-hybridized carbons (Fsp3) is 0.833. The summed E-state index contributed by atoms with van der Waals surface area (Å²) in [6, 6.07) is 0.434. The highest BCUT2D eigenvalue weighted by Gasteiger charge is 2.47. The number of nitrogens with zero attached hydrogens (tertiary/aromatic N) is 1. The molecule has 2 saturated carbocycles. The minimum Gasteiger partial charge on any atom is -0.381 e. The number of ether oxygens (including phenoxy) is 1. The standard InChI is InChI=1S/C12H19N3O2/c1-17-9-4-6-12(7-5-9)10(16)14-11(15-12)13-8-2-3-8/h8-9H,2-7H2,1H3,(H2,13,14,15,16). The van der Waals surface area contributed by atoms with Crippen LogP contribution >= 0.6 is 0 Å². The molecule has 1 spiro atoms. The number of amides is 1. The average molecular weight is 237 g/mol. The molecule has 1 saturated heterocycles. The molecule has 0 radical (unpaired) electrons. The van der Waals surface area contributed by atoms with Gasteiger partial charge >= 0.3 is 0 Å². The van der Waals surface area contributed by atoms with E-state index in [1.807, 2.05) is 0 Å². The van der Waals surface area contributed by atoms with E-state index < -0.39 is 5.54 Å². The third-order valence-corrected chi connectivity index (χ3v) is 4.00. The highest BCUT2D eigenvalue weighted by atomic mass is 16.5. The number of methoxy groups -OCH3 is 1. The van der Waals surface area contributed by atoms with Gasteiger partial charge in [-0.2, -0.15) is 0 Å². The average Bonchev–Trinajstić information content (AvgIpc) is 3.08. The molecular weight excluding hydrogens is 218 g/mol. The Morgan fingerprint density at radius 1 is 1.29 bits per heavy atom. The second-order valence-electron chi connectivity index (χ2n) is 5.31. The van der Waals surface area contributed by atoms with Gasteiger partial charge in [0.05, 0.1) is 12.1 Å². The summed E-state index contributed by atoms with van der Waals surface area (Å²) < 4.78 is 5.34. The third kappa shape index (κ3) is 2.04. The van der Waals surface area contributed by atoms with Crippen LogP contribution in [0.4, 0.5) is 0 Å². The van der Waals surface area contributed by atoms with Crippen molar-refractivity contribution >= 4 is 11.9 Å². The van der Waals surface area contributed by atoms with E-state index >= 15 is 0 Å². The SMILES string of the molecule is COC1CCC2(CC1)NC(=NC1CC1)NC2=O. The summed E-state index contributed by atoms with van der Waals surface area (Å²) in [6.07, 6.45) is 6.16. The van der Waals surface area contributed by atoms with Crippen LogP contribution in [-0.4, -0.2) is 36.7 Å². The molecular formula is C12H19N3O2. The van der Waals surface area contributed by atoms with E-state index in [0.29, 0.717) is 18.1 Å². The molecule has 2 aliphatic carbocycles. The van der Waals surface area contributed by atoms with Crippen LogP contribution in [0.2, 0.25) is 0 Å². The molecule has 3 fully saturated rings. The van der Waals surface area contributed by atoms with Gasteiger partial charge in [-0.25, -0.2) is 4.99 Å². The maximum atomic E-state index is 12.1. The van der Waals surface area contributed by atoms with Gasteiger partial charge in [-0.05, 0) is 38.5 Å². The Morgan fingerprint density at radius 2 is 2.00 bits per heavy atom. The summed E-state index contributed by atoms with van der Waals surface area (Å²) in [5.74, 6) is 0.778. The topological polar surface area (TPSA) is 62.7 Å². The van der Waals surface area contributed by atoms with Crippen LogP contribution in [0.5, 0.6) is 0 Å². The second kappa shape index (κ2) is 3.98. The Bertz CT molecular complexity index is 355.